The molecule has 0 radical (unpaired) electrons. The van der Waals surface area contributed by atoms with Gasteiger partial charge >= 0.3 is 0 Å². The molecule has 1 aromatic rings. The number of nitrogens with zero attached hydrogens (tertiary/aromatic N) is 2. The van der Waals surface area contributed by atoms with Gasteiger partial charge in [-0.1, -0.05) is 12.1 Å². The first-order valence-corrected chi connectivity index (χ1v) is 11.5. The molecule has 1 saturated heterocycles. The average Bonchev–Trinajstić information content (AvgIpc) is 2.61. The van der Waals surface area contributed by atoms with Gasteiger partial charge in [-0.05, 0) is 67.0 Å². The second kappa shape index (κ2) is 8.38. The number of halogens is 1. The largest absolute Gasteiger partial charge is 0.294 e. The molecule has 5 nitrogen and oxygen atoms in total. The Hall–Kier alpha value is -0.950. The van der Waals surface area contributed by atoms with Crippen molar-refractivity contribution in [2.75, 3.05) is 25.9 Å². The molecule has 7 heteroatoms. The van der Waals surface area contributed by atoms with Crippen LogP contribution in [0.15, 0.2) is 18.2 Å². The molecule has 26 heavy (non-hydrogen) atoms. The number of fused-ring (bicyclic) bond motifs is 1. The number of carbonyl (C=O) groups excluding carboxylic acids is 1. The van der Waals surface area contributed by atoms with Gasteiger partial charge < -0.3 is 0 Å². The highest BCUT2D eigenvalue weighted by Gasteiger charge is 2.24. The fourth-order valence-corrected chi connectivity index (χ4v) is 4.86. The van der Waals surface area contributed by atoms with Gasteiger partial charge in [0, 0.05) is 38.2 Å². The van der Waals surface area contributed by atoms with Crippen LogP contribution in [0.25, 0.3) is 0 Å². The van der Waals surface area contributed by atoms with Gasteiger partial charge in [-0.25, -0.2) is 12.8 Å². The zero-order valence-corrected chi connectivity index (χ0v) is 16.9. The molecule has 144 valence electrons. The predicted octanol–water partition coefficient (Wildman–Crippen LogP) is 3.22. The summed E-state index contributed by atoms with van der Waals surface area (Å²) in [5, 5.41) is 0. The van der Waals surface area contributed by atoms with E-state index < -0.39 is 10.0 Å². The first-order chi connectivity index (χ1) is 12.3. The Bertz CT molecular complexity index is 758. The number of piperidine rings is 1. The number of sulfonamides is 1. The molecule has 0 saturated carbocycles. The zero-order valence-electron chi connectivity index (χ0n) is 15.3. The minimum absolute atomic E-state index is 0.188. The summed E-state index contributed by atoms with van der Waals surface area (Å²) in [5.41, 5.74) is 2.86. The molecule has 3 rings (SSSR count). The highest BCUT2D eigenvalue weighted by atomic mass is 35.5. The van der Waals surface area contributed by atoms with Gasteiger partial charge in [0.05, 0.1) is 6.26 Å². The molecule has 0 atom stereocenters. The molecule has 2 aliphatic heterocycles. The highest BCUT2D eigenvalue weighted by Crippen LogP contribution is 2.25. The molecule has 0 aromatic heterocycles. The number of benzene rings is 1. The van der Waals surface area contributed by atoms with Crippen molar-refractivity contribution in [2.24, 2.45) is 5.92 Å². The summed E-state index contributed by atoms with van der Waals surface area (Å²) < 4.78 is 26.7. The van der Waals surface area contributed by atoms with E-state index in [1.807, 2.05) is 22.6 Å². The van der Waals surface area contributed by atoms with Crippen molar-refractivity contribution < 1.29 is 13.2 Å². The molecule has 0 amide bonds. The molecule has 2 aliphatic rings. The molecule has 1 aromatic carbocycles. The molecule has 0 N–H and O–H groups in total. The number of hydrogen-bond acceptors (Lipinski definition) is 4. The number of ketones is 1. The van der Waals surface area contributed by atoms with E-state index in [4.69, 9.17) is 11.8 Å². The van der Waals surface area contributed by atoms with Gasteiger partial charge in [0.1, 0.15) is 0 Å². The third-order valence-corrected chi connectivity index (χ3v) is 7.14. The van der Waals surface area contributed by atoms with Gasteiger partial charge in [0.25, 0.3) is 0 Å². The van der Waals surface area contributed by atoms with E-state index in [2.05, 4.69) is 0 Å². The number of rotatable bonds is 6. The van der Waals surface area contributed by atoms with Gasteiger partial charge in [-0.15, -0.1) is 0 Å². The van der Waals surface area contributed by atoms with Crippen LogP contribution in [0.5, 0.6) is 0 Å². The summed E-state index contributed by atoms with van der Waals surface area (Å²) in [4.78, 5) is 12.5. The van der Waals surface area contributed by atoms with E-state index in [9.17, 15) is 13.2 Å². The lowest BCUT2D eigenvalue weighted by Gasteiger charge is -2.27. The summed E-state index contributed by atoms with van der Waals surface area (Å²) in [5.74, 6) is 0.872. The fourth-order valence-electron chi connectivity index (χ4n) is 3.87. The maximum Gasteiger partial charge on any atom is 0.211 e. The molecule has 0 aliphatic carbocycles. The van der Waals surface area contributed by atoms with E-state index in [-0.39, 0.29) is 5.78 Å². The number of carbonyl (C=O) groups is 1. The number of hydrogen-bond donors (Lipinski definition) is 0. The van der Waals surface area contributed by atoms with Gasteiger partial charge in [-0.2, -0.15) is 4.31 Å². The summed E-state index contributed by atoms with van der Waals surface area (Å²) in [6, 6.07) is 5.72. The second-order valence-corrected chi connectivity index (χ2v) is 9.96. The van der Waals surface area contributed by atoms with Crippen LogP contribution >= 0.6 is 11.8 Å². The molecule has 1 fully saturated rings. The van der Waals surface area contributed by atoms with Crippen LogP contribution in [0.3, 0.4) is 0 Å². The van der Waals surface area contributed by atoms with Crippen LogP contribution in [0.1, 0.15) is 53.6 Å². The van der Waals surface area contributed by atoms with Crippen molar-refractivity contribution in [3.05, 3.63) is 34.9 Å². The molecule has 0 unspecified atom stereocenters. The maximum atomic E-state index is 12.5. The average molecular weight is 399 g/mol. The summed E-state index contributed by atoms with van der Waals surface area (Å²) in [6.45, 7) is 2.77. The lowest BCUT2D eigenvalue weighted by Crippen LogP contribution is -2.35. The fraction of sp³-hybridized carbons (Fsp3) is 0.632. The Morgan fingerprint density at radius 2 is 1.92 bits per heavy atom. The van der Waals surface area contributed by atoms with Crippen molar-refractivity contribution in [3.8, 4) is 0 Å². The summed E-state index contributed by atoms with van der Waals surface area (Å²) >= 11 is 5.98. The minimum atomic E-state index is -3.17. The SMILES string of the molecule is CS(=O)(=O)N1CCc2cc(C(=O)CCCC3CCN(Cl)CC3)ccc2C1. The number of Topliss-reactive ketones (excluding diaryl/α,β-unsaturated/α-hetero) is 1. The molecule has 0 spiro atoms. The van der Waals surface area contributed by atoms with Gasteiger partial charge in [0.2, 0.25) is 10.0 Å². The first kappa shape index (κ1) is 19.8. The molecule has 2 heterocycles. The van der Waals surface area contributed by atoms with Crippen LogP contribution in [-0.2, 0) is 23.0 Å². The van der Waals surface area contributed by atoms with Crippen molar-refractivity contribution in [3.63, 3.8) is 0 Å². The van der Waals surface area contributed by atoms with E-state index in [1.54, 1.807) is 0 Å². The van der Waals surface area contributed by atoms with Crippen LogP contribution < -0.4 is 0 Å². The normalized spacial score (nSPS) is 20.1. The van der Waals surface area contributed by atoms with E-state index in [1.165, 1.54) is 10.6 Å². The van der Waals surface area contributed by atoms with E-state index >= 15 is 0 Å². The molecular weight excluding hydrogens is 372 g/mol. The van der Waals surface area contributed by atoms with E-state index in [0.29, 0.717) is 31.8 Å². The predicted molar refractivity (Wildman–Crippen MR) is 104 cm³/mol. The van der Waals surface area contributed by atoms with Crippen LogP contribution in [0.2, 0.25) is 0 Å². The third-order valence-electron chi connectivity index (χ3n) is 5.55. The molecular formula is C19H27ClN2O3S. The van der Waals surface area contributed by atoms with Gasteiger partial charge in [0.15, 0.2) is 5.78 Å². The lowest BCUT2D eigenvalue weighted by molar-refractivity contribution is 0.0976. The minimum Gasteiger partial charge on any atom is -0.294 e. The van der Waals surface area contributed by atoms with Crippen molar-refractivity contribution in [2.45, 2.75) is 45.1 Å². The quantitative estimate of drug-likeness (QED) is 0.545. The first-order valence-electron chi connectivity index (χ1n) is 9.34. The smallest absolute Gasteiger partial charge is 0.211 e. The van der Waals surface area contributed by atoms with Crippen LogP contribution in [0.4, 0.5) is 0 Å². The summed E-state index contributed by atoms with van der Waals surface area (Å²) in [6.07, 6.45) is 6.74. The molecule has 0 bridgehead atoms. The standard InChI is InChI=1S/C19H27ClN2O3S/c1-26(24,25)22-12-9-16-13-17(5-6-18(16)14-22)19(23)4-2-3-15-7-10-21(20)11-8-15/h5-6,13,15H,2-4,7-12,14H2,1H3. The topological polar surface area (TPSA) is 57.7 Å². The van der Waals surface area contributed by atoms with Crippen molar-refractivity contribution >= 4 is 27.6 Å². The Morgan fingerprint density at radius 1 is 1.19 bits per heavy atom. The van der Waals surface area contributed by atoms with Crippen molar-refractivity contribution in [1.82, 2.24) is 8.72 Å². The van der Waals surface area contributed by atoms with Crippen molar-refractivity contribution in [1.29, 1.82) is 0 Å². The van der Waals surface area contributed by atoms with Crippen LogP contribution in [0, 0.1) is 5.92 Å². The summed E-state index contributed by atoms with van der Waals surface area (Å²) in [7, 11) is -3.17. The Labute approximate surface area is 161 Å². The monoisotopic (exact) mass is 398 g/mol. The Morgan fingerprint density at radius 3 is 2.62 bits per heavy atom. The third kappa shape index (κ3) is 5.06. The highest BCUT2D eigenvalue weighted by molar-refractivity contribution is 7.88. The Balaban J connectivity index is 1.53. The van der Waals surface area contributed by atoms with E-state index in [0.717, 1.165) is 55.5 Å². The van der Waals surface area contributed by atoms with Crippen LogP contribution in [-0.4, -0.2) is 48.8 Å². The van der Waals surface area contributed by atoms with Gasteiger partial charge in [-0.3, -0.25) is 4.79 Å². The second-order valence-electron chi connectivity index (χ2n) is 7.50. The maximum absolute atomic E-state index is 12.5. The lowest BCUT2D eigenvalue weighted by atomic mass is 9.91. The Kier molecular flexibility index (Phi) is 6.38. The zero-order chi connectivity index (χ0) is 18.7.